The summed E-state index contributed by atoms with van der Waals surface area (Å²) in [7, 11) is 2.78. The Hall–Kier alpha value is -2.70. The Balaban J connectivity index is 1.91. The monoisotopic (exact) mass is 348 g/mol. The molecule has 1 saturated heterocycles. The molecule has 2 aliphatic rings. The minimum absolute atomic E-state index is 0.160. The highest BCUT2D eigenvalue weighted by Gasteiger charge is 2.46. The topological polar surface area (TPSA) is 91.3 Å². The zero-order chi connectivity index (χ0) is 18.0. The van der Waals surface area contributed by atoms with Crippen LogP contribution in [0.3, 0.4) is 0 Å². The first-order valence-corrected chi connectivity index (χ1v) is 8.11. The minimum Gasteiger partial charge on any atom is -0.502 e. The molecule has 1 aliphatic heterocycles. The Morgan fingerprint density at radius 3 is 2.00 bits per heavy atom. The van der Waals surface area contributed by atoms with E-state index in [9.17, 15) is 14.7 Å². The molecule has 1 N–H and O–H groups in total. The van der Waals surface area contributed by atoms with Gasteiger partial charge in [0.2, 0.25) is 5.75 Å². The molecular weight excluding hydrogens is 328 g/mol. The van der Waals surface area contributed by atoms with Gasteiger partial charge in [0.05, 0.1) is 14.2 Å². The molecule has 0 bridgehead atoms. The molecule has 25 heavy (non-hydrogen) atoms. The standard InChI is InChI=1S/C18H20O7/c1-22-13-9-11(10-14(23-2)15(13)19)8-12-16(20)24-18(25-17(12)21)6-4-3-5-7-18/h8-10,19H,3-7H2,1-2H3. The highest BCUT2D eigenvalue weighted by Crippen LogP contribution is 2.39. The maximum atomic E-state index is 12.4. The Bertz CT molecular complexity index is 682. The van der Waals surface area contributed by atoms with Gasteiger partial charge >= 0.3 is 11.9 Å². The third kappa shape index (κ3) is 3.26. The van der Waals surface area contributed by atoms with Gasteiger partial charge in [-0.25, -0.2) is 9.59 Å². The van der Waals surface area contributed by atoms with Gasteiger partial charge in [0.1, 0.15) is 5.57 Å². The van der Waals surface area contributed by atoms with E-state index in [4.69, 9.17) is 18.9 Å². The van der Waals surface area contributed by atoms with Crippen LogP contribution in [0.2, 0.25) is 0 Å². The molecule has 0 atom stereocenters. The summed E-state index contributed by atoms with van der Waals surface area (Å²) in [5, 5.41) is 9.94. The number of ether oxygens (including phenoxy) is 4. The average Bonchev–Trinajstić information content (AvgIpc) is 2.60. The first-order valence-electron chi connectivity index (χ1n) is 8.11. The van der Waals surface area contributed by atoms with Crippen LogP contribution < -0.4 is 9.47 Å². The summed E-state index contributed by atoms with van der Waals surface area (Å²) in [5.41, 5.74) is 0.237. The maximum Gasteiger partial charge on any atom is 0.348 e. The molecule has 7 nitrogen and oxygen atoms in total. The second-order valence-electron chi connectivity index (χ2n) is 6.08. The van der Waals surface area contributed by atoms with Crippen LogP contribution in [-0.4, -0.2) is 37.1 Å². The Morgan fingerprint density at radius 1 is 1.00 bits per heavy atom. The van der Waals surface area contributed by atoms with Crippen LogP contribution in [0.25, 0.3) is 6.08 Å². The lowest BCUT2D eigenvalue weighted by Crippen LogP contribution is -2.47. The van der Waals surface area contributed by atoms with E-state index >= 15 is 0 Å². The summed E-state index contributed by atoms with van der Waals surface area (Å²) in [6.07, 6.45) is 5.13. The molecule has 7 heteroatoms. The fraction of sp³-hybridized carbons (Fsp3) is 0.444. The number of carbonyl (C=O) groups excluding carboxylic acids is 2. The lowest BCUT2D eigenvalue weighted by atomic mass is 9.93. The fourth-order valence-corrected chi connectivity index (χ4v) is 3.13. The molecule has 1 saturated carbocycles. The van der Waals surface area contributed by atoms with Crippen molar-refractivity contribution in [2.45, 2.75) is 37.9 Å². The summed E-state index contributed by atoms with van der Waals surface area (Å²) in [5.74, 6) is -2.37. The van der Waals surface area contributed by atoms with Gasteiger partial charge < -0.3 is 24.1 Å². The number of methoxy groups -OCH3 is 2. The first kappa shape index (κ1) is 17.1. The van der Waals surface area contributed by atoms with Gasteiger partial charge in [0, 0.05) is 12.8 Å². The highest BCUT2D eigenvalue weighted by molar-refractivity contribution is 6.19. The van der Waals surface area contributed by atoms with Crippen LogP contribution in [0, 0.1) is 0 Å². The van der Waals surface area contributed by atoms with Crippen LogP contribution in [0.15, 0.2) is 17.7 Å². The van der Waals surface area contributed by atoms with E-state index in [2.05, 4.69) is 0 Å². The molecule has 1 heterocycles. The van der Waals surface area contributed by atoms with Crippen molar-refractivity contribution in [3.8, 4) is 17.2 Å². The van der Waals surface area contributed by atoms with Crippen molar-refractivity contribution < 1.29 is 33.6 Å². The number of aromatic hydroxyl groups is 1. The maximum absolute atomic E-state index is 12.4. The van der Waals surface area contributed by atoms with E-state index in [1.54, 1.807) is 0 Å². The largest absolute Gasteiger partial charge is 0.502 e. The number of hydrogen-bond donors (Lipinski definition) is 1. The normalized spacial score (nSPS) is 19.2. The molecule has 1 aliphatic carbocycles. The quantitative estimate of drug-likeness (QED) is 0.510. The third-order valence-corrected chi connectivity index (χ3v) is 4.43. The number of phenolic OH excluding ortho intramolecular Hbond substituents is 1. The van der Waals surface area contributed by atoms with Gasteiger partial charge in [-0.15, -0.1) is 0 Å². The zero-order valence-corrected chi connectivity index (χ0v) is 14.2. The number of phenols is 1. The number of benzene rings is 1. The smallest absolute Gasteiger partial charge is 0.348 e. The van der Waals surface area contributed by atoms with Crippen molar-refractivity contribution in [3.05, 3.63) is 23.3 Å². The Labute approximate surface area is 145 Å². The number of hydrogen-bond acceptors (Lipinski definition) is 7. The van der Waals surface area contributed by atoms with Gasteiger partial charge in [0.25, 0.3) is 5.79 Å². The summed E-state index contributed by atoms with van der Waals surface area (Å²) in [6.45, 7) is 0. The first-order chi connectivity index (χ1) is 12.0. The number of carbonyl (C=O) groups is 2. The lowest BCUT2D eigenvalue weighted by molar-refractivity contribution is -0.244. The minimum atomic E-state index is -1.12. The van der Waals surface area contributed by atoms with Crippen molar-refractivity contribution in [1.82, 2.24) is 0 Å². The third-order valence-electron chi connectivity index (χ3n) is 4.43. The van der Waals surface area contributed by atoms with Gasteiger partial charge in [0.15, 0.2) is 11.5 Å². The van der Waals surface area contributed by atoms with Crippen LogP contribution in [0.4, 0.5) is 0 Å². The predicted octanol–water partition coefficient (Wildman–Crippen LogP) is 2.55. The molecule has 0 amide bonds. The summed E-state index contributed by atoms with van der Waals surface area (Å²) in [4.78, 5) is 24.7. The van der Waals surface area contributed by atoms with Crippen molar-refractivity contribution in [2.24, 2.45) is 0 Å². The number of rotatable bonds is 3. The van der Waals surface area contributed by atoms with Crippen LogP contribution in [-0.2, 0) is 19.1 Å². The van der Waals surface area contributed by atoms with Crippen molar-refractivity contribution in [2.75, 3.05) is 14.2 Å². The average molecular weight is 348 g/mol. The van der Waals surface area contributed by atoms with E-state index < -0.39 is 17.7 Å². The van der Waals surface area contributed by atoms with Crippen LogP contribution >= 0.6 is 0 Å². The number of esters is 2. The SMILES string of the molecule is COc1cc(C=C2C(=O)OC3(CCCCC3)OC2=O)cc(OC)c1O. The van der Waals surface area contributed by atoms with Crippen molar-refractivity contribution >= 4 is 18.0 Å². The van der Waals surface area contributed by atoms with Crippen molar-refractivity contribution in [1.29, 1.82) is 0 Å². The van der Waals surface area contributed by atoms with Crippen LogP contribution in [0.5, 0.6) is 17.2 Å². The molecular formula is C18H20O7. The van der Waals surface area contributed by atoms with Gasteiger partial charge in [-0.05, 0) is 36.6 Å². The fourth-order valence-electron chi connectivity index (χ4n) is 3.13. The van der Waals surface area contributed by atoms with E-state index in [0.717, 1.165) is 19.3 Å². The van der Waals surface area contributed by atoms with E-state index in [-0.39, 0.29) is 22.8 Å². The van der Waals surface area contributed by atoms with E-state index in [0.29, 0.717) is 18.4 Å². The van der Waals surface area contributed by atoms with Gasteiger partial charge in [-0.1, -0.05) is 6.42 Å². The Morgan fingerprint density at radius 2 is 1.52 bits per heavy atom. The molecule has 1 aromatic rings. The molecule has 1 aromatic carbocycles. The molecule has 0 unspecified atom stereocenters. The van der Waals surface area contributed by atoms with E-state index in [1.807, 2.05) is 0 Å². The van der Waals surface area contributed by atoms with Gasteiger partial charge in [-0.2, -0.15) is 0 Å². The van der Waals surface area contributed by atoms with Gasteiger partial charge in [-0.3, -0.25) is 0 Å². The second-order valence-corrected chi connectivity index (χ2v) is 6.08. The lowest BCUT2D eigenvalue weighted by Gasteiger charge is -2.38. The summed E-state index contributed by atoms with van der Waals surface area (Å²) >= 11 is 0. The molecule has 1 spiro atoms. The zero-order valence-electron chi connectivity index (χ0n) is 14.2. The predicted molar refractivity (Wildman–Crippen MR) is 87.2 cm³/mol. The van der Waals surface area contributed by atoms with Crippen LogP contribution in [0.1, 0.15) is 37.7 Å². The molecule has 134 valence electrons. The van der Waals surface area contributed by atoms with E-state index in [1.165, 1.54) is 32.4 Å². The molecule has 0 radical (unpaired) electrons. The second kappa shape index (κ2) is 6.66. The van der Waals surface area contributed by atoms with Crippen molar-refractivity contribution in [3.63, 3.8) is 0 Å². The summed E-state index contributed by atoms with van der Waals surface area (Å²) in [6, 6.07) is 2.97. The molecule has 3 rings (SSSR count). The molecule has 2 fully saturated rings. The molecule has 0 aromatic heterocycles. The summed E-state index contributed by atoms with van der Waals surface area (Å²) < 4.78 is 21.0. The Kier molecular flexibility index (Phi) is 4.57. The highest BCUT2D eigenvalue weighted by atomic mass is 16.7.